The zero-order valence-electron chi connectivity index (χ0n) is 4.97. The van der Waals surface area contributed by atoms with E-state index < -0.39 is 17.0 Å². The Morgan fingerprint density at radius 2 is 1.82 bits per heavy atom. The molecular formula is C4H2O7. The molecule has 0 bridgehead atoms. The van der Waals surface area contributed by atoms with Crippen molar-refractivity contribution in [3.63, 3.8) is 0 Å². The maximum Gasteiger partial charge on any atom is 0.424 e. The van der Waals surface area contributed by atoms with Gasteiger partial charge >= 0.3 is 11.3 Å². The van der Waals surface area contributed by atoms with Gasteiger partial charge in [-0.3, -0.25) is 0 Å². The Balaban J connectivity index is 3.57. The molecule has 1 rings (SSSR count). The van der Waals surface area contributed by atoms with Crippen molar-refractivity contribution in [3.05, 3.63) is 26.9 Å². The molecule has 1 heterocycles. The topological polar surface area (TPSA) is 107 Å². The zero-order valence-corrected chi connectivity index (χ0v) is 4.97. The average molecular weight is 162 g/mol. The highest BCUT2D eigenvalue weighted by Gasteiger charge is 1.96. The molecule has 11 heavy (non-hydrogen) atoms. The first-order valence-corrected chi connectivity index (χ1v) is 2.37. The SMILES string of the molecule is O=c1cc(O)c(=O)oooo1. The van der Waals surface area contributed by atoms with Gasteiger partial charge < -0.3 is 5.11 Å². The lowest BCUT2D eigenvalue weighted by molar-refractivity contribution is -0.306. The number of rotatable bonds is 0. The summed E-state index contributed by atoms with van der Waals surface area (Å²) in [6.45, 7) is 0. The van der Waals surface area contributed by atoms with E-state index in [1.54, 1.807) is 0 Å². The molecule has 1 N–H and O–H groups in total. The van der Waals surface area contributed by atoms with Crippen LogP contribution in [0.1, 0.15) is 0 Å². The van der Waals surface area contributed by atoms with Gasteiger partial charge in [0.2, 0.25) is 5.75 Å². The molecule has 0 spiro atoms. The molecule has 0 radical (unpaired) electrons. The Labute approximate surface area is 57.6 Å². The summed E-state index contributed by atoms with van der Waals surface area (Å²) in [6, 6.07) is 0.477. The van der Waals surface area contributed by atoms with Crippen LogP contribution in [-0.4, -0.2) is 5.11 Å². The van der Waals surface area contributed by atoms with E-state index in [4.69, 9.17) is 5.11 Å². The molecule has 1 aromatic rings. The average Bonchev–Trinajstić information content (AvgIpc) is 1.95. The van der Waals surface area contributed by atoms with Gasteiger partial charge in [0.05, 0.1) is 6.07 Å². The maximum atomic E-state index is 10.4. The quantitative estimate of drug-likeness (QED) is 0.517. The Bertz CT molecular complexity index is 372. The zero-order chi connectivity index (χ0) is 8.27. The summed E-state index contributed by atoms with van der Waals surface area (Å²) in [5.41, 5.74) is -2.33. The van der Waals surface area contributed by atoms with Crippen molar-refractivity contribution in [2.75, 3.05) is 0 Å². The first kappa shape index (κ1) is 7.19. The summed E-state index contributed by atoms with van der Waals surface area (Å²) in [5.74, 6) is -0.932. The van der Waals surface area contributed by atoms with Crippen molar-refractivity contribution in [2.45, 2.75) is 0 Å². The number of aromatic hydroxyl groups is 1. The fourth-order valence-corrected chi connectivity index (χ4v) is 0.330. The van der Waals surface area contributed by atoms with Crippen LogP contribution in [0.5, 0.6) is 5.75 Å². The van der Waals surface area contributed by atoms with Gasteiger partial charge in [-0.2, -0.15) is 0 Å². The highest BCUT2D eigenvalue weighted by molar-refractivity contribution is 5.07. The second kappa shape index (κ2) is 2.78. The predicted octanol–water partition coefficient (Wildman–Crippen LogP) is -0.391. The summed E-state index contributed by atoms with van der Waals surface area (Å²) in [7, 11) is 0. The summed E-state index contributed by atoms with van der Waals surface area (Å²) < 4.78 is 14.5. The minimum Gasteiger partial charge on any atom is -0.502 e. The van der Waals surface area contributed by atoms with Crippen molar-refractivity contribution in [1.82, 2.24) is 0 Å². The predicted molar refractivity (Wildman–Crippen MR) is 27.3 cm³/mol. The highest BCUT2D eigenvalue weighted by atomic mass is 17.4. The van der Waals surface area contributed by atoms with Crippen molar-refractivity contribution in [2.24, 2.45) is 0 Å². The minimum atomic E-state index is -1.25. The van der Waals surface area contributed by atoms with E-state index in [2.05, 4.69) is 18.6 Å². The molecule has 0 fully saturated rings. The Hall–Kier alpha value is -1.92. The van der Waals surface area contributed by atoms with Crippen LogP contribution in [0.25, 0.3) is 0 Å². The van der Waals surface area contributed by atoms with Crippen LogP contribution in [0.2, 0.25) is 0 Å². The maximum absolute atomic E-state index is 10.4. The molecule has 60 valence electrons. The molecular weight excluding hydrogens is 160 g/mol. The Kier molecular flexibility index (Phi) is 1.81. The monoisotopic (exact) mass is 162 g/mol. The van der Waals surface area contributed by atoms with E-state index >= 15 is 0 Å². The summed E-state index contributed by atoms with van der Waals surface area (Å²) in [4.78, 5) is 20.7. The van der Waals surface area contributed by atoms with Gasteiger partial charge in [0.25, 0.3) is 0 Å². The normalized spacial score (nSPS) is 9.09. The van der Waals surface area contributed by atoms with E-state index in [9.17, 15) is 9.59 Å². The molecule has 0 amide bonds. The smallest absolute Gasteiger partial charge is 0.424 e. The van der Waals surface area contributed by atoms with E-state index in [-0.39, 0.29) is 0 Å². The van der Waals surface area contributed by atoms with Crippen LogP contribution >= 0.6 is 0 Å². The molecule has 0 aliphatic carbocycles. The largest absolute Gasteiger partial charge is 0.502 e. The molecule has 0 unspecified atom stereocenters. The van der Waals surface area contributed by atoms with Crippen LogP contribution in [0, 0.1) is 0 Å². The Morgan fingerprint density at radius 3 is 2.55 bits per heavy atom. The third kappa shape index (κ3) is 1.75. The van der Waals surface area contributed by atoms with Crippen LogP contribution in [0.15, 0.2) is 34.3 Å². The minimum absolute atomic E-state index is 0.477. The van der Waals surface area contributed by atoms with Crippen molar-refractivity contribution in [3.8, 4) is 5.75 Å². The lowest BCUT2D eigenvalue weighted by Crippen LogP contribution is -1.99. The third-order valence-corrected chi connectivity index (χ3v) is 0.717. The second-order valence-corrected chi connectivity index (χ2v) is 1.44. The van der Waals surface area contributed by atoms with Gasteiger partial charge in [0.1, 0.15) is 0 Å². The van der Waals surface area contributed by atoms with Crippen molar-refractivity contribution in [1.29, 1.82) is 0 Å². The molecule has 7 nitrogen and oxygen atoms in total. The van der Waals surface area contributed by atoms with E-state index in [0.717, 1.165) is 0 Å². The molecule has 0 aliphatic heterocycles. The molecule has 7 heteroatoms. The van der Waals surface area contributed by atoms with Crippen molar-refractivity contribution >= 4 is 0 Å². The van der Waals surface area contributed by atoms with Gasteiger partial charge in [-0.05, 0) is 9.47 Å². The molecule has 0 atom stereocenters. The van der Waals surface area contributed by atoms with E-state index in [1.165, 1.54) is 0 Å². The van der Waals surface area contributed by atoms with Gasteiger partial charge in [-0.25, -0.2) is 18.7 Å². The van der Waals surface area contributed by atoms with Gasteiger partial charge in [0, 0.05) is 0 Å². The van der Waals surface area contributed by atoms with Crippen LogP contribution in [0.4, 0.5) is 0 Å². The second-order valence-electron chi connectivity index (χ2n) is 1.44. The fraction of sp³-hybridized carbons (Fsp3) is 0. The molecule has 1 aromatic heterocycles. The van der Waals surface area contributed by atoms with Gasteiger partial charge in [-0.1, -0.05) is 0 Å². The van der Waals surface area contributed by atoms with Gasteiger partial charge in [0.15, 0.2) is 0 Å². The molecule has 0 aromatic carbocycles. The third-order valence-electron chi connectivity index (χ3n) is 0.717. The van der Waals surface area contributed by atoms with Crippen molar-refractivity contribution < 1.29 is 23.7 Å². The standard InChI is InChI=1S/C4H2O7/c5-2-1-3(6)8-10-11-9-4(2)7/h1,5H. The molecule has 0 saturated heterocycles. The van der Waals surface area contributed by atoms with Crippen LogP contribution in [-0.2, 0) is 0 Å². The first-order chi connectivity index (χ1) is 5.20. The molecule has 0 saturated carbocycles. The Morgan fingerprint density at radius 1 is 1.18 bits per heavy atom. The lowest BCUT2D eigenvalue weighted by atomic mass is 10.6. The van der Waals surface area contributed by atoms with Crippen LogP contribution < -0.4 is 11.3 Å². The summed E-state index contributed by atoms with van der Waals surface area (Å²) >= 11 is 0. The lowest BCUT2D eigenvalue weighted by Gasteiger charge is -1.76. The summed E-state index contributed by atoms with van der Waals surface area (Å²) in [6.07, 6.45) is 0. The highest BCUT2D eigenvalue weighted by Crippen LogP contribution is 1.89. The molecule has 0 aliphatic rings. The fourth-order valence-electron chi connectivity index (χ4n) is 0.330. The summed E-state index contributed by atoms with van der Waals surface area (Å²) in [5, 5.41) is 8.60. The van der Waals surface area contributed by atoms with Crippen LogP contribution in [0.3, 0.4) is 0 Å². The number of hydrogen-bond donors (Lipinski definition) is 1. The van der Waals surface area contributed by atoms with E-state index in [1.807, 2.05) is 0 Å². The number of hydrogen-bond acceptors (Lipinski definition) is 7. The van der Waals surface area contributed by atoms with Gasteiger partial charge in [-0.15, -0.1) is 0 Å². The first-order valence-electron chi connectivity index (χ1n) is 2.37. The van der Waals surface area contributed by atoms with E-state index in [0.29, 0.717) is 6.07 Å².